The standard InChI is InChI=1S/C29H32Cl2N2O4/c1-4-12-33-13-11-28-25-18-6-8-22(36-3)26(25)37-27(28)21(9-10-29(28,35)23(33)16-18)32(2)24(34)15-17-5-7-19(30)20(31)14-17/h4-8,14,21,23,27,35H,1,9-13,15-16H2,2-3H3/t21-,23+,27-,28-,29+/m0/s1. The van der Waals surface area contributed by atoms with Gasteiger partial charge in [0.05, 0.1) is 40.6 Å². The van der Waals surface area contributed by atoms with Crippen LogP contribution in [0.2, 0.25) is 10.0 Å². The largest absolute Gasteiger partial charge is 0.493 e. The summed E-state index contributed by atoms with van der Waals surface area (Å²) >= 11 is 12.3. The second kappa shape index (κ2) is 8.91. The van der Waals surface area contributed by atoms with Crippen LogP contribution < -0.4 is 9.47 Å². The third-order valence-electron chi connectivity index (χ3n) is 9.34. The van der Waals surface area contributed by atoms with Gasteiger partial charge in [0, 0.05) is 25.2 Å². The van der Waals surface area contributed by atoms with E-state index in [0.29, 0.717) is 28.6 Å². The van der Waals surface area contributed by atoms with Gasteiger partial charge in [-0.05, 0) is 61.6 Å². The molecule has 5 atom stereocenters. The first-order valence-electron chi connectivity index (χ1n) is 12.9. The molecule has 1 saturated heterocycles. The van der Waals surface area contributed by atoms with Crippen molar-refractivity contribution in [3.05, 3.63) is 69.7 Å². The maximum absolute atomic E-state index is 13.5. The molecule has 2 aliphatic carbocycles. The Kier molecular flexibility index (Phi) is 6.03. The van der Waals surface area contributed by atoms with Crippen LogP contribution in [0.4, 0.5) is 0 Å². The molecule has 0 unspecified atom stereocenters. The van der Waals surface area contributed by atoms with Crippen LogP contribution in [0.1, 0.15) is 36.0 Å². The summed E-state index contributed by atoms with van der Waals surface area (Å²) in [6.45, 7) is 5.52. The molecule has 1 amide bonds. The molecule has 6 rings (SSSR count). The van der Waals surface area contributed by atoms with Gasteiger partial charge >= 0.3 is 0 Å². The molecule has 37 heavy (non-hydrogen) atoms. The number of hydrogen-bond acceptors (Lipinski definition) is 5. The van der Waals surface area contributed by atoms with E-state index in [2.05, 4.69) is 17.5 Å². The molecule has 2 aliphatic heterocycles. The van der Waals surface area contributed by atoms with Crippen molar-refractivity contribution in [3.8, 4) is 11.5 Å². The van der Waals surface area contributed by atoms with E-state index in [1.807, 2.05) is 30.2 Å². The van der Waals surface area contributed by atoms with Gasteiger partial charge in [0.1, 0.15) is 6.10 Å². The second-order valence-corrected chi connectivity index (χ2v) is 11.7. The zero-order valence-corrected chi connectivity index (χ0v) is 22.7. The number of methoxy groups -OCH3 is 1. The first kappa shape index (κ1) is 25.1. The number of rotatable bonds is 6. The molecule has 2 fully saturated rings. The minimum atomic E-state index is -0.965. The van der Waals surface area contributed by atoms with Crippen LogP contribution >= 0.6 is 23.2 Å². The number of carbonyl (C=O) groups is 1. The Balaban J connectivity index is 1.39. The number of piperidine rings is 1. The van der Waals surface area contributed by atoms with Crippen molar-refractivity contribution in [3.63, 3.8) is 0 Å². The number of amides is 1. The van der Waals surface area contributed by atoms with Gasteiger partial charge in [-0.25, -0.2) is 0 Å². The smallest absolute Gasteiger partial charge is 0.227 e. The Morgan fingerprint density at radius 3 is 2.84 bits per heavy atom. The van der Waals surface area contributed by atoms with Crippen molar-refractivity contribution in [1.82, 2.24) is 9.80 Å². The average Bonchev–Trinajstić information content (AvgIpc) is 3.23. The van der Waals surface area contributed by atoms with Gasteiger partial charge in [0.2, 0.25) is 5.91 Å². The van der Waals surface area contributed by atoms with Crippen LogP contribution in [-0.2, 0) is 23.1 Å². The lowest BCUT2D eigenvalue weighted by molar-refractivity contribution is -0.198. The fraction of sp³-hybridized carbons (Fsp3) is 0.483. The predicted molar refractivity (Wildman–Crippen MR) is 144 cm³/mol. The maximum Gasteiger partial charge on any atom is 0.227 e. The molecule has 0 aromatic heterocycles. The van der Waals surface area contributed by atoms with Gasteiger partial charge < -0.3 is 19.5 Å². The van der Waals surface area contributed by atoms with Gasteiger partial charge in [0.15, 0.2) is 11.5 Å². The van der Waals surface area contributed by atoms with Crippen LogP contribution in [0, 0.1) is 0 Å². The SMILES string of the molecule is C=CCN1CC[C@]23c4c5ccc(OC)c4O[C@H]2[C@@H](N(C)C(=O)Cc2ccc(Cl)c(Cl)c2)CC[C@@]3(O)[C@H]1C5. The Labute approximate surface area is 227 Å². The van der Waals surface area contributed by atoms with Crippen LogP contribution in [0.25, 0.3) is 0 Å². The van der Waals surface area contributed by atoms with Crippen LogP contribution in [0.15, 0.2) is 43.0 Å². The fourth-order valence-corrected chi connectivity index (χ4v) is 7.99. The van der Waals surface area contributed by atoms with Crippen molar-refractivity contribution < 1.29 is 19.4 Å². The lowest BCUT2D eigenvalue weighted by Gasteiger charge is -2.64. The molecule has 1 N–H and O–H groups in total. The zero-order valence-electron chi connectivity index (χ0n) is 21.2. The van der Waals surface area contributed by atoms with Gasteiger partial charge in [-0.15, -0.1) is 6.58 Å². The van der Waals surface area contributed by atoms with E-state index < -0.39 is 11.0 Å². The van der Waals surface area contributed by atoms with E-state index >= 15 is 0 Å². The number of aliphatic hydroxyl groups is 1. The van der Waals surface area contributed by atoms with E-state index in [4.69, 9.17) is 32.7 Å². The predicted octanol–water partition coefficient (Wildman–Crippen LogP) is 4.41. The molecule has 4 aliphatic rings. The quantitative estimate of drug-likeness (QED) is 0.547. The second-order valence-electron chi connectivity index (χ2n) is 10.9. The fourth-order valence-electron chi connectivity index (χ4n) is 7.67. The molecule has 8 heteroatoms. The van der Waals surface area contributed by atoms with Crippen LogP contribution in [0.5, 0.6) is 11.5 Å². The van der Waals surface area contributed by atoms with E-state index in [0.717, 1.165) is 42.8 Å². The number of nitrogens with zero attached hydrogens (tertiary/aromatic N) is 2. The van der Waals surface area contributed by atoms with E-state index in [9.17, 15) is 9.90 Å². The summed E-state index contributed by atoms with van der Waals surface area (Å²) in [7, 11) is 3.50. The molecule has 6 nitrogen and oxygen atoms in total. The van der Waals surface area contributed by atoms with Crippen molar-refractivity contribution >= 4 is 29.1 Å². The van der Waals surface area contributed by atoms with E-state index in [-0.39, 0.29) is 30.5 Å². The Bertz CT molecular complexity index is 1280. The molecular weight excluding hydrogens is 511 g/mol. The molecule has 1 spiro atoms. The molecule has 2 aromatic rings. The van der Waals surface area contributed by atoms with Crippen molar-refractivity contribution in [2.24, 2.45) is 0 Å². The summed E-state index contributed by atoms with van der Waals surface area (Å²) in [5, 5.41) is 13.5. The number of likely N-dealkylation sites (tertiary alicyclic amines) is 1. The summed E-state index contributed by atoms with van der Waals surface area (Å²) in [5.41, 5.74) is 1.53. The average molecular weight is 543 g/mol. The van der Waals surface area contributed by atoms with Crippen molar-refractivity contribution in [2.45, 2.75) is 61.3 Å². The van der Waals surface area contributed by atoms with Crippen LogP contribution in [0.3, 0.4) is 0 Å². The Hall–Kier alpha value is -2.25. The van der Waals surface area contributed by atoms with Gasteiger partial charge in [0.25, 0.3) is 0 Å². The third-order valence-corrected chi connectivity index (χ3v) is 10.1. The lowest BCUT2D eigenvalue weighted by atomic mass is 9.48. The summed E-state index contributed by atoms with van der Waals surface area (Å²) in [4.78, 5) is 17.7. The summed E-state index contributed by atoms with van der Waals surface area (Å²) in [6.07, 6.45) is 4.51. The highest BCUT2D eigenvalue weighted by Gasteiger charge is 2.73. The van der Waals surface area contributed by atoms with Gasteiger partial charge in [-0.1, -0.05) is 41.4 Å². The number of halogens is 2. The van der Waals surface area contributed by atoms with Crippen LogP contribution in [-0.4, -0.2) is 71.8 Å². The van der Waals surface area contributed by atoms with Crippen molar-refractivity contribution in [1.29, 1.82) is 0 Å². The van der Waals surface area contributed by atoms with Gasteiger partial charge in [-0.2, -0.15) is 0 Å². The highest BCUT2D eigenvalue weighted by Crippen LogP contribution is 2.65. The highest BCUT2D eigenvalue weighted by atomic mass is 35.5. The minimum Gasteiger partial charge on any atom is -0.493 e. The third kappa shape index (κ3) is 3.42. The number of ether oxygens (including phenoxy) is 2. The number of likely N-dealkylation sites (N-methyl/N-ethyl adjacent to an activating group) is 1. The molecule has 2 bridgehead atoms. The first-order valence-corrected chi connectivity index (χ1v) is 13.6. The minimum absolute atomic E-state index is 0.0200. The summed E-state index contributed by atoms with van der Waals surface area (Å²) < 4.78 is 12.5. The van der Waals surface area contributed by atoms with E-state index in [1.54, 1.807) is 19.2 Å². The number of hydrogen-bond donors (Lipinski definition) is 1. The summed E-state index contributed by atoms with van der Waals surface area (Å²) in [5.74, 6) is 1.39. The molecule has 2 aromatic carbocycles. The molecule has 0 radical (unpaired) electrons. The van der Waals surface area contributed by atoms with E-state index in [1.165, 1.54) is 5.56 Å². The monoisotopic (exact) mass is 542 g/mol. The molecular formula is C29H32Cl2N2O4. The Morgan fingerprint density at radius 1 is 1.30 bits per heavy atom. The first-order chi connectivity index (χ1) is 17.7. The van der Waals surface area contributed by atoms with Gasteiger partial charge in [-0.3, -0.25) is 9.69 Å². The number of benzene rings is 2. The topological polar surface area (TPSA) is 62.2 Å². The normalized spacial score (nSPS) is 31.3. The molecule has 1 saturated carbocycles. The molecule has 2 heterocycles. The molecule has 196 valence electrons. The lowest BCUT2D eigenvalue weighted by Crippen LogP contribution is -2.78. The Morgan fingerprint density at radius 2 is 2.11 bits per heavy atom. The zero-order chi connectivity index (χ0) is 26.1. The maximum atomic E-state index is 13.5. The number of carbonyl (C=O) groups excluding carboxylic acids is 1. The van der Waals surface area contributed by atoms with Crippen molar-refractivity contribution in [2.75, 3.05) is 27.2 Å². The summed E-state index contributed by atoms with van der Waals surface area (Å²) in [6, 6.07) is 9.16. The highest BCUT2D eigenvalue weighted by molar-refractivity contribution is 6.42.